The van der Waals surface area contributed by atoms with Crippen molar-refractivity contribution in [3.8, 4) is 11.1 Å². The minimum absolute atomic E-state index is 0.0766. The van der Waals surface area contributed by atoms with Crippen LogP contribution in [-0.4, -0.2) is 48.7 Å². The second kappa shape index (κ2) is 14.7. The lowest BCUT2D eigenvalue weighted by atomic mass is 9.96. The number of anilines is 1. The maximum Gasteiger partial charge on any atom is 0.259 e. The topological polar surface area (TPSA) is 110 Å². The fourth-order valence-corrected chi connectivity index (χ4v) is 5.17. The molecule has 1 aromatic heterocycles. The molecule has 9 nitrogen and oxygen atoms in total. The van der Waals surface area contributed by atoms with E-state index >= 15 is 0 Å². The summed E-state index contributed by atoms with van der Waals surface area (Å²) in [4.78, 5) is 39.7. The minimum Gasteiger partial charge on any atom is -0.397 e. The molecule has 2 N–H and O–H groups in total. The van der Waals surface area contributed by atoms with Crippen LogP contribution in [0.25, 0.3) is 11.1 Å². The molecule has 0 radical (unpaired) electrons. The first-order chi connectivity index (χ1) is 20.9. The average molecular weight is 579 g/mol. The fraction of sp³-hybridized carbons (Fsp3) is 0.265. The normalized spacial score (nSPS) is 11.7. The van der Waals surface area contributed by atoms with Crippen molar-refractivity contribution in [2.24, 2.45) is 10.1 Å². The molecule has 0 aliphatic rings. The Morgan fingerprint density at radius 1 is 1.02 bits per heavy atom. The highest BCUT2D eigenvalue weighted by Gasteiger charge is 2.19. The monoisotopic (exact) mass is 578 g/mol. The molecule has 3 aromatic carbocycles. The molecular weight excluding hydrogens is 540 g/mol. The molecule has 0 bridgehead atoms. The number of nitrogens with one attached hydrogen (secondary N) is 2. The van der Waals surface area contributed by atoms with Crippen LogP contribution in [0.3, 0.4) is 0 Å². The first-order valence-corrected chi connectivity index (χ1v) is 14.3. The summed E-state index contributed by atoms with van der Waals surface area (Å²) in [5.74, 6) is 0.842. The number of carbonyl (C=O) groups excluding carboxylic acids is 1. The molecule has 0 fully saturated rings. The lowest BCUT2D eigenvalue weighted by Gasteiger charge is -2.18. The quantitative estimate of drug-likeness (QED) is 0.107. The van der Waals surface area contributed by atoms with Crippen LogP contribution in [0, 0.1) is 6.92 Å². The van der Waals surface area contributed by atoms with Crippen molar-refractivity contribution in [1.29, 1.82) is 0 Å². The number of nitrogens with zero attached hydrogens (tertiary/aromatic N) is 4. The predicted octanol–water partition coefficient (Wildman–Crippen LogP) is 4.98. The summed E-state index contributed by atoms with van der Waals surface area (Å²) in [7, 11) is 4.97. The first-order valence-electron chi connectivity index (χ1n) is 14.3. The van der Waals surface area contributed by atoms with Gasteiger partial charge in [-0.3, -0.25) is 19.1 Å². The highest BCUT2D eigenvalue weighted by Crippen LogP contribution is 2.25. The molecule has 0 atom stereocenters. The van der Waals surface area contributed by atoms with Gasteiger partial charge in [0.25, 0.3) is 5.56 Å². The summed E-state index contributed by atoms with van der Waals surface area (Å²) in [6.45, 7) is 4.43. The number of aliphatic imine (C=N–C) groups is 1. The number of rotatable bonds is 12. The molecule has 222 valence electrons. The minimum atomic E-state index is -0.0766. The third kappa shape index (κ3) is 7.06. The molecular formula is C34H38N6O3. The van der Waals surface area contributed by atoms with E-state index in [4.69, 9.17) is 9.82 Å². The maximum atomic E-state index is 14.1. The molecule has 0 saturated carbocycles. The first kappa shape index (κ1) is 30.9. The van der Waals surface area contributed by atoms with Crippen LogP contribution < -0.4 is 16.2 Å². The third-order valence-electron chi connectivity index (χ3n) is 7.30. The Balaban J connectivity index is 1.72. The lowest BCUT2D eigenvalue weighted by Crippen LogP contribution is -2.32. The molecule has 0 unspecified atom stereocenters. The Morgan fingerprint density at radius 2 is 1.72 bits per heavy atom. The van der Waals surface area contributed by atoms with Crippen LogP contribution in [0.2, 0.25) is 0 Å². The van der Waals surface area contributed by atoms with Gasteiger partial charge >= 0.3 is 0 Å². The number of carbonyl (C=O) groups is 1. The number of amides is 1. The smallest absolute Gasteiger partial charge is 0.259 e. The van der Waals surface area contributed by atoms with Crippen LogP contribution >= 0.6 is 0 Å². The van der Waals surface area contributed by atoms with E-state index in [1.165, 1.54) is 7.11 Å². The summed E-state index contributed by atoms with van der Waals surface area (Å²) in [5, 5.41) is 9.71. The van der Waals surface area contributed by atoms with E-state index in [-0.39, 0.29) is 5.56 Å². The number of aryl methyl sites for hydroxylation is 2. The average Bonchev–Trinajstić information content (AvgIpc) is 3.03. The van der Waals surface area contributed by atoms with Gasteiger partial charge in [-0.25, -0.2) is 4.98 Å². The van der Waals surface area contributed by atoms with Crippen LogP contribution in [0.1, 0.15) is 46.9 Å². The predicted molar refractivity (Wildman–Crippen MR) is 173 cm³/mol. The number of hydrogen-bond acceptors (Lipinski definition) is 7. The largest absolute Gasteiger partial charge is 0.397 e. The van der Waals surface area contributed by atoms with Crippen molar-refractivity contribution in [3.63, 3.8) is 0 Å². The lowest BCUT2D eigenvalue weighted by molar-refractivity contribution is -0.108. The zero-order valence-electron chi connectivity index (χ0n) is 25.3. The number of benzene rings is 3. The van der Waals surface area contributed by atoms with E-state index in [1.807, 2.05) is 79.7 Å². The number of amidine groups is 1. The van der Waals surface area contributed by atoms with Crippen LogP contribution in [0.15, 0.2) is 87.7 Å². The van der Waals surface area contributed by atoms with Gasteiger partial charge in [-0.2, -0.15) is 0 Å². The molecule has 43 heavy (non-hydrogen) atoms. The van der Waals surface area contributed by atoms with E-state index in [1.54, 1.807) is 18.7 Å². The van der Waals surface area contributed by atoms with E-state index in [0.717, 1.165) is 51.2 Å². The van der Waals surface area contributed by atoms with Gasteiger partial charge in [0.05, 0.1) is 18.0 Å². The molecule has 1 amide bonds. The van der Waals surface area contributed by atoms with Gasteiger partial charge in [0.15, 0.2) is 5.84 Å². The summed E-state index contributed by atoms with van der Waals surface area (Å²) in [6, 6.07) is 23.7. The van der Waals surface area contributed by atoms with Gasteiger partial charge in [0, 0.05) is 37.2 Å². The second-order valence-corrected chi connectivity index (χ2v) is 10.0. The summed E-state index contributed by atoms with van der Waals surface area (Å²) in [6.07, 6.45) is 2.58. The molecule has 4 rings (SSSR count). The Kier molecular flexibility index (Phi) is 10.6. The van der Waals surface area contributed by atoms with E-state index < -0.39 is 0 Å². The standard InChI is InChI=1S/C34H38N6O3/c1-6-11-30-29(33(42)40(34(36-4)38-30)21-31(35-3)26-13-8-7-12-23(26)2)20-24-16-18-25(19-17-24)27-14-9-10-15-28(27)32(37-22-41)39-43-5/h7-10,12-19,22H,6,11,20-21H2,1-5H3,(H,36,38)(H,37,39,41). The van der Waals surface area contributed by atoms with Crippen LogP contribution in [0.4, 0.5) is 5.95 Å². The molecule has 1 heterocycles. The van der Waals surface area contributed by atoms with Gasteiger partial charge in [-0.15, -0.1) is 0 Å². The van der Waals surface area contributed by atoms with Gasteiger partial charge in [0.2, 0.25) is 12.4 Å². The summed E-state index contributed by atoms with van der Waals surface area (Å²) in [5.41, 5.74) is 7.87. The molecule has 9 heteroatoms. The van der Waals surface area contributed by atoms with Crippen molar-refractivity contribution >= 4 is 23.9 Å². The Hall–Kier alpha value is -5.05. The Labute approximate surface area is 252 Å². The highest BCUT2D eigenvalue weighted by atomic mass is 16.6. The van der Waals surface area contributed by atoms with E-state index in [2.05, 4.69) is 27.7 Å². The Bertz CT molecular complexity index is 1690. The van der Waals surface area contributed by atoms with Crippen molar-refractivity contribution in [2.45, 2.75) is 39.7 Å². The summed E-state index contributed by atoms with van der Waals surface area (Å²) < 4.78 is 1.69. The molecule has 0 aliphatic carbocycles. The van der Waals surface area contributed by atoms with Crippen molar-refractivity contribution in [1.82, 2.24) is 14.9 Å². The highest BCUT2D eigenvalue weighted by molar-refractivity contribution is 6.08. The Morgan fingerprint density at radius 3 is 2.35 bits per heavy atom. The number of aromatic nitrogens is 2. The van der Waals surface area contributed by atoms with Gasteiger partial charge < -0.3 is 15.5 Å². The SMILES string of the molecule is CCCc1nc(NC)n(CC(=NC)c2ccccc2C)c(=O)c1Cc1ccc(-c2ccccc2/C(=N/OC)NC=O)cc1. The van der Waals surface area contributed by atoms with E-state index in [9.17, 15) is 9.59 Å². The fourth-order valence-electron chi connectivity index (χ4n) is 5.17. The third-order valence-corrected chi connectivity index (χ3v) is 7.30. The maximum absolute atomic E-state index is 14.1. The van der Waals surface area contributed by atoms with Crippen LogP contribution in [0.5, 0.6) is 0 Å². The van der Waals surface area contributed by atoms with Crippen molar-refractivity contribution < 1.29 is 9.63 Å². The summed E-state index contributed by atoms with van der Waals surface area (Å²) >= 11 is 0. The zero-order chi connectivity index (χ0) is 30.8. The molecule has 4 aromatic rings. The van der Waals surface area contributed by atoms with Gasteiger partial charge in [0.1, 0.15) is 7.11 Å². The van der Waals surface area contributed by atoms with Crippen LogP contribution in [-0.2, 0) is 29.0 Å². The van der Waals surface area contributed by atoms with E-state index in [0.29, 0.717) is 43.1 Å². The molecule has 0 saturated heterocycles. The number of oxime groups is 1. The second-order valence-electron chi connectivity index (χ2n) is 10.0. The number of hydrogen-bond donors (Lipinski definition) is 2. The van der Waals surface area contributed by atoms with Gasteiger partial charge in [-0.05, 0) is 35.6 Å². The van der Waals surface area contributed by atoms with Crippen molar-refractivity contribution in [2.75, 3.05) is 26.5 Å². The van der Waals surface area contributed by atoms with Crippen molar-refractivity contribution in [3.05, 3.63) is 117 Å². The van der Waals surface area contributed by atoms with Gasteiger partial charge in [-0.1, -0.05) is 91.3 Å². The zero-order valence-corrected chi connectivity index (χ0v) is 25.3. The molecule has 0 spiro atoms. The molecule has 0 aliphatic heterocycles.